The molecule has 0 bridgehead atoms. The van der Waals surface area contributed by atoms with E-state index in [1.54, 1.807) is 0 Å². The summed E-state index contributed by atoms with van der Waals surface area (Å²) in [6, 6.07) is 5.52. The fourth-order valence-electron chi connectivity index (χ4n) is 2.86. The predicted molar refractivity (Wildman–Crippen MR) is 90.4 cm³/mol. The van der Waals surface area contributed by atoms with Crippen LogP contribution in [0.3, 0.4) is 0 Å². The first kappa shape index (κ1) is 16.3. The van der Waals surface area contributed by atoms with Crippen molar-refractivity contribution in [3.63, 3.8) is 0 Å². The number of H-pyrrole nitrogens is 1. The summed E-state index contributed by atoms with van der Waals surface area (Å²) in [6.45, 7) is 5.14. The number of nitrogens with zero attached hydrogens (tertiary/aromatic N) is 1. The number of halogens is 1. The Morgan fingerprint density at radius 3 is 3.09 bits per heavy atom. The van der Waals surface area contributed by atoms with Crippen molar-refractivity contribution in [3.8, 4) is 0 Å². The van der Waals surface area contributed by atoms with Crippen molar-refractivity contribution in [2.75, 3.05) is 13.2 Å². The van der Waals surface area contributed by atoms with E-state index in [9.17, 15) is 4.79 Å². The summed E-state index contributed by atoms with van der Waals surface area (Å²) >= 11 is 6.01. The minimum atomic E-state index is -0.588. The predicted octanol–water partition coefficient (Wildman–Crippen LogP) is 3.38. The zero-order chi connectivity index (χ0) is 16.4. The van der Waals surface area contributed by atoms with Crippen molar-refractivity contribution in [1.82, 2.24) is 15.3 Å². The molecule has 2 heterocycles. The quantitative estimate of drug-likeness (QED) is 0.903. The van der Waals surface area contributed by atoms with E-state index >= 15 is 0 Å². The van der Waals surface area contributed by atoms with Crippen LogP contribution in [0.1, 0.15) is 38.9 Å². The van der Waals surface area contributed by atoms with Gasteiger partial charge in [-0.1, -0.05) is 18.0 Å². The van der Waals surface area contributed by atoms with Gasteiger partial charge in [-0.15, -0.1) is 0 Å². The summed E-state index contributed by atoms with van der Waals surface area (Å²) in [4.78, 5) is 20.4. The molecule has 1 aliphatic rings. The number of rotatable bonds is 3. The van der Waals surface area contributed by atoms with Crippen molar-refractivity contribution in [3.05, 3.63) is 29.0 Å². The standard InChI is InChI=1S/C17H22ClN3O2/c1-17(2,21-15(22)11-5-3-4-8-23-10-11)16-19-13-7-6-12(18)9-14(13)20-16/h6-7,9,11H,3-5,8,10H2,1-2H3,(H,19,20)(H,21,22). The van der Waals surface area contributed by atoms with Gasteiger partial charge in [0.2, 0.25) is 5.91 Å². The number of carbonyl (C=O) groups excluding carboxylic acids is 1. The van der Waals surface area contributed by atoms with Crippen molar-refractivity contribution < 1.29 is 9.53 Å². The van der Waals surface area contributed by atoms with E-state index in [0.717, 1.165) is 42.7 Å². The molecule has 1 atom stereocenters. The van der Waals surface area contributed by atoms with Gasteiger partial charge >= 0.3 is 0 Å². The molecule has 1 amide bonds. The lowest BCUT2D eigenvalue weighted by atomic mass is 9.99. The molecule has 1 aromatic heterocycles. The molecule has 2 N–H and O–H groups in total. The molecule has 23 heavy (non-hydrogen) atoms. The highest BCUT2D eigenvalue weighted by Gasteiger charge is 2.30. The number of fused-ring (bicyclic) bond motifs is 1. The first-order valence-electron chi connectivity index (χ1n) is 8.01. The third kappa shape index (κ3) is 3.67. The first-order valence-corrected chi connectivity index (χ1v) is 8.39. The molecule has 2 aromatic rings. The number of nitrogens with one attached hydrogen (secondary N) is 2. The fourth-order valence-corrected chi connectivity index (χ4v) is 3.03. The van der Waals surface area contributed by atoms with Gasteiger partial charge in [0.1, 0.15) is 5.82 Å². The van der Waals surface area contributed by atoms with E-state index in [2.05, 4.69) is 15.3 Å². The second kappa shape index (κ2) is 6.49. The van der Waals surface area contributed by atoms with Crippen molar-refractivity contribution >= 4 is 28.5 Å². The zero-order valence-electron chi connectivity index (χ0n) is 13.5. The van der Waals surface area contributed by atoms with Gasteiger partial charge in [0.15, 0.2) is 0 Å². The van der Waals surface area contributed by atoms with E-state index < -0.39 is 5.54 Å². The topological polar surface area (TPSA) is 67.0 Å². The van der Waals surface area contributed by atoms with E-state index in [1.165, 1.54) is 0 Å². The summed E-state index contributed by atoms with van der Waals surface area (Å²) in [5, 5.41) is 3.76. The van der Waals surface area contributed by atoms with Crippen LogP contribution in [-0.4, -0.2) is 29.1 Å². The Bertz CT molecular complexity index is 703. The van der Waals surface area contributed by atoms with Crippen molar-refractivity contribution in [2.45, 2.75) is 38.6 Å². The second-order valence-electron chi connectivity index (χ2n) is 6.63. The van der Waals surface area contributed by atoms with Gasteiger partial charge in [0.05, 0.1) is 29.1 Å². The van der Waals surface area contributed by atoms with Crippen LogP contribution in [0.15, 0.2) is 18.2 Å². The largest absolute Gasteiger partial charge is 0.381 e. The molecule has 6 heteroatoms. The maximum absolute atomic E-state index is 12.6. The molecule has 0 spiro atoms. The van der Waals surface area contributed by atoms with Gasteiger partial charge in [-0.2, -0.15) is 0 Å². The van der Waals surface area contributed by atoms with Crippen LogP contribution in [0.2, 0.25) is 5.02 Å². The third-order valence-electron chi connectivity index (χ3n) is 4.25. The number of ether oxygens (including phenoxy) is 1. The maximum atomic E-state index is 12.6. The number of carbonyl (C=O) groups is 1. The molecule has 0 saturated carbocycles. The number of benzene rings is 1. The Labute approximate surface area is 140 Å². The Kier molecular flexibility index (Phi) is 4.60. The molecule has 0 radical (unpaired) electrons. The normalized spacial score (nSPS) is 19.5. The van der Waals surface area contributed by atoms with Crippen molar-refractivity contribution in [2.24, 2.45) is 5.92 Å². The van der Waals surface area contributed by atoms with E-state index in [-0.39, 0.29) is 11.8 Å². The summed E-state index contributed by atoms with van der Waals surface area (Å²) in [7, 11) is 0. The Balaban J connectivity index is 1.77. The summed E-state index contributed by atoms with van der Waals surface area (Å²) in [5.74, 6) is 0.656. The van der Waals surface area contributed by atoms with Crippen LogP contribution in [0.4, 0.5) is 0 Å². The first-order chi connectivity index (χ1) is 11.0. The molecule has 0 aliphatic carbocycles. The molecule has 124 valence electrons. The van der Waals surface area contributed by atoms with Gasteiger partial charge < -0.3 is 15.0 Å². The Morgan fingerprint density at radius 1 is 1.43 bits per heavy atom. The molecule has 1 unspecified atom stereocenters. The fraction of sp³-hybridized carbons (Fsp3) is 0.529. The monoisotopic (exact) mass is 335 g/mol. The molecule has 1 saturated heterocycles. The van der Waals surface area contributed by atoms with Gasteiger partial charge in [0, 0.05) is 11.6 Å². The maximum Gasteiger partial charge on any atom is 0.226 e. The second-order valence-corrected chi connectivity index (χ2v) is 7.07. The highest BCUT2D eigenvalue weighted by atomic mass is 35.5. The Morgan fingerprint density at radius 2 is 2.26 bits per heavy atom. The molecule has 1 aromatic carbocycles. The van der Waals surface area contributed by atoms with Gasteiger partial charge in [-0.3, -0.25) is 4.79 Å². The Hall–Kier alpha value is -1.59. The van der Waals surface area contributed by atoms with Crippen LogP contribution >= 0.6 is 11.6 Å². The van der Waals surface area contributed by atoms with E-state index in [4.69, 9.17) is 16.3 Å². The van der Waals surface area contributed by atoms with Crippen molar-refractivity contribution in [1.29, 1.82) is 0 Å². The smallest absolute Gasteiger partial charge is 0.226 e. The van der Waals surface area contributed by atoms with Crippen LogP contribution in [0.5, 0.6) is 0 Å². The molecule has 1 aliphatic heterocycles. The summed E-state index contributed by atoms with van der Waals surface area (Å²) in [6.07, 6.45) is 2.93. The highest BCUT2D eigenvalue weighted by Crippen LogP contribution is 2.24. The SMILES string of the molecule is CC(C)(NC(=O)C1CCCCOC1)c1nc2ccc(Cl)cc2[nH]1. The van der Waals surface area contributed by atoms with Crippen LogP contribution in [0.25, 0.3) is 11.0 Å². The number of hydrogen-bond donors (Lipinski definition) is 2. The molecule has 5 nitrogen and oxygen atoms in total. The average molecular weight is 336 g/mol. The minimum Gasteiger partial charge on any atom is -0.381 e. The third-order valence-corrected chi connectivity index (χ3v) is 4.49. The number of aromatic amines is 1. The minimum absolute atomic E-state index is 0.0235. The number of hydrogen-bond acceptors (Lipinski definition) is 3. The molecule has 1 fully saturated rings. The molecular formula is C17H22ClN3O2. The summed E-state index contributed by atoms with van der Waals surface area (Å²) < 4.78 is 5.51. The summed E-state index contributed by atoms with van der Waals surface area (Å²) in [5.41, 5.74) is 1.12. The van der Waals surface area contributed by atoms with Crippen LogP contribution in [-0.2, 0) is 15.1 Å². The lowest BCUT2D eigenvalue weighted by Gasteiger charge is -2.26. The van der Waals surface area contributed by atoms with E-state index in [1.807, 2.05) is 32.0 Å². The molecular weight excluding hydrogens is 314 g/mol. The van der Waals surface area contributed by atoms with Gasteiger partial charge in [0.25, 0.3) is 0 Å². The number of aromatic nitrogens is 2. The number of imidazole rings is 1. The molecule has 3 rings (SSSR count). The van der Waals surface area contributed by atoms with Gasteiger partial charge in [-0.25, -0.2) is 4.98 Å². The lowest BCUT2D eigenvalue weighted by Crippen LogP contribution is -2.45. The zero-order valence-corrected chi connectivity index (χ0v) is 14.2. The lowest BCUT2D eigenvalue weighted by molar-refractivity contribution is -0.128. The van der Waals surface area contributed by atoms with Crippen LogP contribution in [0, 0.1) is 5.92 Å². The van der Waals surface area contributed by atoms with E-state index in [0.29, 0.717) is 11.6 Å². The van der Waals surface area contributed by atoms with Gasteiger partial charge in [-0.05, 0) is 44.9 Å². The average Bonchev–Trinajstić information content (AvgIpc) is 2.74. The number of amides is 1. The highest BCUT2D eigenvalue weighted by molar-refractivity contribution is 6.31. The van der Waals surface area contributed by atoms with Crippen LogP contribution < -0.4 is 5.32 Å².